The summed E-state index contributed by atoms with van der Waals surface area (Å²) in [4.78, 5) is 27.1. The van der Waals surface area contributed by atoms with E-state index >= 15 is 0 Å². The van der Waals surface area contributed by atoms with E-state index in [4.69, 9.17) is 4.74 Å². The van der Waals surface area contributed by atoms with Crippen molar-refractivity contribution in [1.82, 2.24) is 0 Å². The molecule has 1 aromatic carbocycles. The van der Waals surface area contributed by atoms with Gasteiger partial charge in [0.25, 0.3) is 0 Å². The average molecular weight is 400 g/mol. The quantitative estimate of drug-likeness (QED) is 0.646. The molecule has 1 aromatic heterocycles. The Morgan fingerprint density at radius 3 is 2.61 bits per heavy atom. The van der Waals surface area contributed by atoms with Gasteiger partial charge in [0, 0.05) is 4.88 Å². The maximum Gasteiger partial charge on any atom is 0.341 e. The molecule has 5 heteroatoms. The van der Waals surface area contributed by atoms with Gasteiger partial charge < -0.3 is 10.1 Å². The summed E-state index contributed by atoms with van der Waals surface area (Å²) in [6, 6.07) is 9.79. The largest absolute Gasteiger partial charge is 0.459 e. The summed E-state index contributed by atoms with van der Waals surface area (Å²) in [5.74, 6) is -0.0475. The normalized spacial score (nSPS) is 17.1. The molecule has 0 bridgehead atoms. The number of thiophene rings is 1. The zero-order valence-electron chi connectivity index (χ0n) is 17.1. The van der Waals surface area contributed by atoms with Crippen LogP contribution in [0.3, 0.4) is 0 Å². The van der Waals surface area contributed by atoms with Crippen molar-refractivity contribution in [2.24, 2.45) is 5.92 Å². The maximum absolute atomic E-state index is 13.1. The Hall–Kier alpha value is -2.14. The van der Waals surface area contributed by atoms with Gasteiger partial charge in [-0.3, -0.25) is 4.79 Å². The number of carbonyl (C=O) groups is 2. The Morgan fingerprint density at radius 1 is 1.25 bits per heavy atom. The minimum Gasteiger partial charge on any atom is -0.459 e. The monoisotopic (exact) mass is 399 g/mol. The molecule has 2 atom stereocenters. The number of amides is 1. The molecular formula is C23H29NO3S. The molecule has 3 rings (SSSR count). The van der Waals surface area contributed by atoms with Crippen molar-refractivity contribution in [2.75, 3.05) is 5.32 Å². The van der Waals surface area contributed by atoms with E-state index in [9.17, 15) is 9.59 Å². The van der Waals surface area contributed by atoms with Gasteiger partial charge >= 0.3 is 5.97 Å². The van der Waals surface area contributed by atoms with E-state index in [1.165, 1.54) is 16.2 Å². The van der Waals surface area contributed by atoms with Gasteiger partial charge in [-0.1, -0.05) is 44.2 Å². The third-order valence-electron chi connectivity index (χ3n) is 5.22. The molecular weight excluding hydrogens is 370 g/mol. The molecule has 0 aliphatic heterocycles. The third kappa shape index (κ3) is 4.46. The highest BCUT2D eigenvalue weighted by atomic mass is 32.1. The van der Waals surface area contributed by atoms with E-state index < -0.39 is 0 Å². The highest BCUT2D eigenvalue weighted by molar-refractivity contribution is 7.17. The first kappa shape index (κ1) is 20.6. The van der Waals surface area contributed by atoms with E-state index in [1.807, 2.05) is 51.1 Å². The Morgan fingerprint density at radius 2 is 1.96 bits per heavy atom. The summed E-state index contributed by atoms with van der Waals surface area (Å²) in [6.07, 6.45) is 3.38. The van der Waals surface area contributed by atoms with Crippen LogP contribution in [0.4, 0.5) is 5.00 Å². The second-order valence-corrected chi connectivity index (χ2v) is 8.98. The average Bonchev–Trinajstić information content (AvgIpc) is 2.99. The van der Waals surface area contributed by atoms with Crippen molar-refractivity contribution in [1.29, 1.82) is 0 Å². The summed E-state index contributed by atoms with van der Waals surface area (Å²) >= 11 is 1.54. The summed E-state index contributed by atoms with van der Waals surface area (Å²) in [6.45, 7) is 7.93. The number of hydrogen-bond donors (Lipinski definition) is 1. The molecule has 1 aliphatic carbocycles. The number of anilines is 1. The Kier molecular flexibility index (Phi) is 6.55. The second kappa shape index (κ2) is 8.91. The number of nitrogens with one attached hydrogen (secondary N) is 1. The standard InChI is InChI=1S/C23H29NO3S/c1-5-17(16-9-7-6-8-10-16)21(25)24-22-20(23(26)27-14(2)3)18-12-11-15(4)13-19(18)28-22/h6-10,14-15,17H,5,11-13H2,1-4H3,(H,24,25). The summed E-state index contributed by atoms with van der Waals surface area (Å²) in [5, 5.41) is 3.71. The number of esters is 1. The number of rotatable bonds is 6. The first-order valence-corrected chi connectivity index (χ1v) is 10.9. The zero-order chi connectivity index (χ0) is 20.3. The van der Waals surface area contributed by atoms with Crippen LogP contribution in [0.5, 0.6) is 0 Å². The zero-order valence-corrected chi connectivity index (χ0v) is 17.9. The van der Waals surface area contributed by atoms with Crippen LogP contribution in [0.15, 0.2) is 30.3 Å². The molecule has 1 amide bonds. The van der Waals surface area contributed by atoms with E-state index in [0.717, 1.165) is 30.4 Å². The molecule has 2 unspecified atom stereocenters. The molecule has 28 heavy (non-hydrogen) atoms. The van der Waals surface area contributed by atoms with Gasteiger partial charge in [0.05, 0.1) is 17.6 Å². The van der Waals surface area contributed by atoms with Crippen LogP contribution in [-0.2, 0) is 22.4 Å². The SMILES string of the molecule is CCC(C(=O)Nc1sc2c(c1C(=O)OC(C)C)CCC(C)C2)c1ccccc1. The summed E-state index contributed by atoms with van der Waals surface area (Å²) in [7, 11) is 0. The molecule has 0 radical (unpaired) electrons. The fourth-order valence-electron chi connectivity index (χ4n) is 3.78. The predicted octanol–water partition coefficient (Wildman–Crippen LogP) is 5.57. The molecule has 4 nitrogen and oxygen atoms in total. The van der Waals surface area contributed by atoms with Gasteiger partial charge in [0.2, 0.25) is 5.91 Å². The molecule has 0 fully saturated rings. The van der Waals surface area contributed by atoms with E-state index in [-0.39, 0.29) is 23.9 Å². The minimum absolute atomic E-state index is 0.0704. The smallest absolute Gasteiger partial charge is 0.341 e. The van der Waals surface area contributed by atoms with Crippen LogP contribution in [0.25, 0.3) is 0 Å². The van der Waals surface area contributed by atoms with Crippen LogP contribution in [-0.4, -0.2) is 18.0 Å². The first-order chi connectivity index (χ1) is 13.4. The minimum atomic E-state index is -0.329. The topological polar surface area (TPSA) is 55.4 Å². The fraction of sp³-hybridized carbons (Fsp3) is 0.478. The van der Waals surface area contributed by atoms with E-state index in [2.05, 4.69) is 12.2 Å². The fourth-order valence-corrected chi connectivity index (χ4v) is 5.19. The molecule has 0 saturated heterocycles. The molecule has 1 aliphatic rings. The third-order valence-corrected chi connectivity index (χ3v) is 6.39. The van der Waals surface area contributed by atoms with Gasteiger partial charge in [-0.2, -0.15) is 0 Å². The number of benzene rings is 1. The molecule has 2 aromatic rings. The van der Waals surface area contributed by atoms with Crippen molar-refractivity contribution in [3.05, 3.63) is 51.9 Å². The van der Waals surface area contributed by atoms with Crippen molar-refractivity contribution < 1.29 is 14.3 Å². The van der Waals surface area contributed by atoms with Gasteiger partial charge in [0.15, 0.2) is 0 Å². The summed E-state index contributed by atoms with van der Waals surface area (Å²) in [5.41, 5.74) is 2.62. The lowest BCUT2D eigenvalue weighted by Gasteiger charge is -2.19. The first-order valence-electron chi connectivity index (χ1n) is 10.1. The van der Waals surface area contributed by atoms with Crippen LogP contribution in [0, 0.1) is 5.92 Å². The number of carbonyl (C=O) groups excluding carboxylic acids is 2. The van der Waals surface area contributed by atoms with Crippen LogP contribution < -0.4 is 5.32 Å². The highest BCUT2D eigenvalue weighted by Gasteiger charge is 2.30. The molecule has 0 saturated carbocycles. The molecule has 1 heterocycles. The van der Waals surface area contributed by atoms with Crippen molar-refractivity contribution in [3.63, 3.8) is 0 Å². The second-order valence-electron chi connectivity index (χ2n) is 7.87. The molecule has 150 valence electrons. The van der Waals surface area contributed by atoms with Crippen LogP contribution >= 0.6 is 11.3 Å². The Labute approximate surface area is 171 Å². The number of hydrogen-bond acceptors (Lipinski definition) is 4. The lowest BCUT2D eigenvalue weighted by Crippen LogP contribution is -2.22. The van der Waals surface area contributed by atoms with Crippen molar-refractivity contribution in [2.45, 2.75) is 65.4 Å². The molecule has 0 spiro atoms. The Bertz CT molecular complexity index is 841. The lowest BCUT2D eigenvalue weighted by molar-refractivity contribution is -0.117. The van der Waals surface area contributed by atoms with Crippen molar-refractivity contribution >= 4 is 28.2 Å². The van der Waals surface area contributed by atoms with Crippen LogP contribution in [0.2, 0.25) is 0 Å². The van der Waals surface area contributed by atoms with E-state index in [1.54, 1.807) is 0 Å². The van der Waals surface area contributed by atoms with Gasteiger partial charge in [-0.15, -0.1) is 11.3 Å². The predicted molar refractivity (Wildman–Crippen MR) is 114 cm³/mol. The maximum atomic E-state index is 13.1. The van der Waals surface area contributed by atoms with Gasteiger partial charge in [-0.05, 0) is 56.6 Å². The number of fused-ring (bicyclic) bond motifs is 1. The van der Waals surface area contributed by atoms with Crippen molar-refractivity contribution in [3.8, 4) is 0 Å². The highest BCUT2D eigenvalue weighted by Crippen LogP contribution is 2.40. The molecule has 1 N–H and O–H groups in total. The van der Waals surface area contributed by atoms with Gasteiger partial charge in [0.1, 0.15) is 5.00 Å². The van der Waals surface area contributed by atoms with Gasteiger partial charge in [-0.25, -0.2) is 4.79 Å². The summed E-state index contributed by atoms with van der Waals surface area (Å²) < 4.78 is 5.50. The lowest BCUT2D eigenvalue weighted by atomic mass is 9.88. The Balaban J connectivity index is 1.92. The van der Waals surface area contributed by atoms with Crippen LogP contribution in [0.1, 0.15) is 72.8 Å². The number of ether oxygens (including phenoxy) is 1. The van der Waals surface area contributed by atoms with E-state index in [0.29, 0.717) is 22.9 Å².